The molecule has 5 heteroatoms. The average Bonchev–Trinajstić information content (AvgIpc) is 2.45. The Bertz CT molecular complexity index is 486. The zero-order valence-electron chi connectivity index (χ0n) is 11.7. The van der Waals surface area contributed by atoms with Crippen LogP contribution in [-0.2, 0) is 10.8 Å². The lowest BCUT2D eigenvalue weighted by atomic mass is 9.87. The Balaban J connectivity index is 1.86. The van der Waals surface area contributed by atoms with Gasteiger partial charge in [0.15, 0.2) is 0 Å². The van der Waals surface area contributed by atoms with Crippen molar-refractivity contribution in [1.29, 1.82) is 0 Å². The van der Waals surface area contributed by atoms with Gasteiger partial charge in [-0.3, -0.25) is 9.00 Å². The van der Waals surface area contributed by atoms with Crippen molar-refractivity contribution in [3.8, 4) is 0 Å². The lowest BCUT2D eigenvalue weighted by Crippen LogP contribution is -2.32. The van der Waals surface area contributed by atoms with Crippen LogP contribution in [0.2, 0.25) is 0 Å². The molecule has 1 aliphatic carbocycles. The van der Waals surface area contributed by atoms with Gasteiger partial charge in [-0.1, -0.05) is 6.42 Å². The maximum atomic E-state index is 12.0. The highest BCUT2D eigenvalue weighted by Gasteiger charge is 2.20. The first-order valence-corrected chi connectivity index (χ1v) is 8.52. The van der Waals surface area contributed by atoms with Gasteiger partial charge in [0.1, 0.15) is 0 Å². The van der Waals surface area contributed by atoms with E-state index in [1.165, 1.54) is 0 Å². The molecule has 0 aliphatic heterocycles. The minimum atomic E-state index is -1.02. The average molecular weight is 295 g/mol. The lowest BCUT2D eigenvalue weighted by Gasteiger charge is -2.25. The summed E-state index contributed by atoms with van der Waals surface area (Å²) in [6.07, 6.45) is 5.13. The van der Waals surface area contributed by atoms with Gasteiger partial charge in [0.2, 0.25) is 0 Å². The van der Waals surface area contributed by atoms with Crippen LogP contribution in [0, 0.1) is 5.92 Å². The van der Waals surface area contributed by atoms with Crippen molar-refractivity contribution in [1.82, 2.24) is 5.32 Å². The molecule has 1 fully saturated rings. The van der Waals surface area contributed by atoms with E-state index in [0.29, 0.717) is 18.0 Å². The number of carbonyl (C=O) groups is 1. The third kappa shape index (κ3) is 4.15. The summed E-state index contributed by atoms with van der Waals surface area (Å²) in [4.78, 5) is 12.7. The van der Waals surface area contributed by atoms with E-state index in [-0.39, 0.29) is 12.0 Å². The fourth-order valence-electron chi connectivity index (χ4n) is 2.59. The molecule has 3 atom stereocenters. The number of nitrogens with one attached hydrogen (secondary N) is 1. The quantitative estimate of drug-likeness (QED) is 0.888. The fraction of sp³-hybridized carbons (Fsp3) is 0.533. The van der Waals surface area contributed by atoms with Gasteiger partial charge in [-0.05, 0) is 49.4 Å². The number of aliphatic hydroxyl groups is 1. The highest BCUT2D eigenvalue weighted by Crippen LogP contribution is 2.23. The Hall–Kier alpha value is -1.20. The van der Waals surface area contributed by atoms with Crippen molar-refractivity contribution in [3.05, 3.63) is 29.8 Å². The first-order valence-electron chi connectivity index (χ1n) is 6.96. The van der Waals surface area contributed by atoms with Crippen molar-refractivity contribution in [2.24, 2.45) is 5.92 Å². The number of rotatable bonds is 4. The van der Waals surface area contributed by atoms with Gasteiger partial charge in [0, 0.05) is 34.1 Å². The van der Waals surface area contributed by atoms with Crippen LogP contribution >= 0.6 is 0 Å². The molecule has 0 spiro atoms. The van der Waals surface area contributed by atoms with E-state index in [1.54, 1.807) is 30.5 Å². The molecule has 2 rings (SSSR count). The molecule has 0 aromatic heterocycles. The smallest absolute Gasteiger partial charge is 0.251 e. The van der Waals surface area contributed by atoms with Crippen LogP contribution in [0.15, 0.2) is 29.2 Å². The van der Waals surface area contributed by atoms with Crippen LogP contribution in [0.5, 0.6) is 0 Å². The van der Waals surface area contributed by atoms with E-state index < -0.39 is 10.8 Å². The Kier molecular flexibility index (Phi) is 5.31. The Morgan fingerprint density at radius 3 is 2.65 bits per heavy atom. The molecule has 0 radical (unpaired) electrons. The van der Waals surface area contributed by atoms with E-state index in [2.05, 4.69) is 5.32 Å². The summed E-state index contributed by atoms with van der Waals surface area (Å²) in [5.41, 5.74) is 0.579. The minimum absolute atomic E-state index is 0.113. The predicted octanol–water partition coefficient (Wildman–Crippen LogP) is 1.70. The molecule has 0 saturated heterocycles. The van der Waals surface area contributed by atoms with Crippen LogP contribution < -0.4 is 5.32 Å². The summed E-state index contributed by atoms with van der Waals surface area (Å²) in [6, 6.07) is 6.83. The molecule has 4 nitrogen and oxygen atoms in total. The summed E-state index contributed by atoms with van der Waals surface area (Å²) in [5.74, 6) is 0.253. The zero-order valence-corrected chi connectivity index (χ0v) is 12.5. The minimum Gasteiger partial charge on any atom is -0.393 e. The van der Waals surface area contributed by atoms with Crippen LogP contribution in [0.3, 0.4) is 0 Å². The Morgan fingerprint density at radius 1 is 1.35 bits per heavy atom. The monoisotopic (exact) mass is 295 g/mol. The van der Waals surface area contributed by atoms with Crippen molar-refractivity contribution < 1.29 is 14.1 Å². The largest absolute Gasteiger partial charge is 0.393 e. The van der Waals surface area contributed by atoms with Crippen LogP contribution in [-0.4, -0.2) is 34.1 Å². The SMILES string of the molecule is CS(=O)c1ccc(C(=O)NCC2CCCC(O)C2)cc1. The van der Waals surface area contributed by atoms with Crippen molar-refractivity contribution in [2.45, 2.75) is 36.7 Å². The van der Waals surface area contributed by atoms with Crippen molar-refractivity contribution >= 4 is 16.7 Å². The molecule has 3 unspecified atom stereocenters. The van der Waals surface area contributed by atoms with Crippen LogP contribution in [0.1, 0.15) is 36.0 Å². The summed E-state index contributed by atoms with van der Waals surface area (Å²) in [7, 11) is -1.02. The summed E-state index contributed by atoms with van der Waals surface area (Å²) in [5, 5.41) is 12.5. The first-order chi connectivity index (χ1) is 9.56. The molecule has 1 aliphatic rings. The maximum Gasteiger partial charge on any atom is 0.251 e. The van der Waals surface area contributed by atoms with E-state index in [9.17, 15) is 14.1 Å². The maximum absolute atomic E-state index is 12.0. The van der Waals surface area contributed by atoms with E-state index in [1.807, 2.05) is 0 Å². The molecule has 1 aromatic carbocycles. The topological polar surface area (TPSA) is 66.4 Å². The number of hydrogen-bond donors (Lipinski definition) is 2. The van der Waals surface area contributed by atoms with E-state index >= 15 is 0 Å². The van der Waals surface area contributed by atoms with Crippen molar-refractivity contribution in [3.63, 3.8) is 0 Å². The summed E-state index contributed by atoms with van der Waals surface area (Å²) in [6.45, 7) is 0.608. The Labute approximate surface area is 122 Å². The van der Waals surface area contributed by atoms with Gasteiger partial charge in [0.05, 0.1) is 6.10 Å². The predicted molar refractivity (Wildman–Crippen MR) is 79.1 cm³/mol. The normalized spacial score (nSPS) is 24.1. The highest BCUT2D eigenvalue weighted by atomic mass is 32.2. The van der Waals surface area contributed by atoms with Gasteiger partial charge in [-0.15, -0.1) is 0 Å². The van der Waals surface area contributed by atoms with Gasteiger partial charge in [-0.2, -0.15) is 0 Å². The van der Waals surface area contributed by atoms with Gasteiger partial charge < -0.3 is 10.4 Å². The molecular weight excluding hydrogens is 274 g/mol. The number of amides is 1. The number of carbonyl (C=O) groups excluding carboxylic acids is 1. The number of hydrogen-bond acceptors (Lipinski definition) is 3. The molecule has 2 N–H and O–H groups in total. The standard InChI is InChI=1S/C15H21NO3S/c1-20(19)14-7-5-12(6-8-14)15(18)16-10-11-3-2-4-13(17)9-11/h5-8,11,13,17H,2-4,9-10H2,1H3,(H,16,18). The summed E-state index contributed by atoms with van der Waals surface area (Å²) >= 11 is 0. The molecule has 1 saturated carbocycles. The Morgan fingerprint density at radius 2 is 2.05 bits per heavy atom. The first kappa shape index (κ1) is 15.2. The van der Waals surface area contributed by atoms with Crippen LogP contribution in [0.25, 0.3) is 0 Å². The summed E-state index contributed by atoms with van der Waals surface area (Å²) < 4.78 is 11.3. The molecule has 110 valence electrons. The van der Waals surface area contributed by atoms with Gasteiger partial charge >= 0.3 is 0 Å². The van der Waals surface area contributed by atoms with E-state index in [0.717, 1.165) is 30.6 Å². The van der Waals surface area contributed by atoms with Crippen LogP contribution in [0.4, 0.5) is 0 Å². The van der Waals surface area contributed by atoms with Crippen molar-refractivity contribution in [2.75, 3.05) is 12.8 Å². The second kappa shape index (κ2) is 6.99. The molecule has 20 heavy (non-hydrogen) atoms. The third-order valence-electron chi connectivity index (χ3n) is 3.75. The lowest BCUT2D eigenvalue weighted by molar-refractivity contribution is 0.0874. The molecular formula is C15H21NO3S. The number of aliphatic hydroxyl groups excluding tert-OH is 1. The fourth-order valence-corrected chi connectivity index (χ4v) is 3.10. The van der Waals surface area contributed by atoms with E-state index in [4.69, 9.17) is 0 Å². The second-order valence-corrected chi connectivity index (χ2v) is 6.75. The molecule has 1 aromatic rings. The second-order valence-electron chi connectivity index (χ2n) is 5.37. The van der Waals surface area contributed by atoms with Gasteiger partial charge in [-0.25, -0.2) is 0 Å². The van der Waals surface area contributed by atoms with Gasteiger partial charge in [0.25, 0.3) is 5.91 Å². The molecule has 1 amide bonds. The number of benzene rings is 1. The zero-order chi connectivity index (χ0) is 14.5. The highest BCUT2D eigenvalue weighted by molar-refractivity contribution is 7.84. The molecule has 0 heterocycles. The molecule has 0 bridgehead atoms. The third-order valence-corrected chi connectivity index (χ3v) is 4.69.